The molecule has 3 aromatic carbocycles. The van der Waals surface area contributed by atoms with Crippen molar-refractivity contribution in [1.82, 2.24) is 5.32 Å². The number of nitrogens with one attached hydrogen (secondary N) is 1. The van der Waals surface area contributed by atoms with Gasteiger partial charge in [0.15, 0.2) is 0 Å². The zero-order valence-electron chi connectivity index (χ0n) is 14.6. The van der Waals surface area contributed by atoms with Gasteiger partial charge < -0.3 is 5.32 Å². The van der Waals surface area contributed by atoms with Gasteiger partial charge in [0.2, 0.25) is 0 Å². The van der Waals surface area contributed by atoms with Gasteiger partial charge in [0.05, 0.1) is 6.54 Å². The highest BCUT2D eigenvalue weighted by Gasteiger charge is 2.15. The molecule has 0 unspecified atom stereocenters. The average Bonchev–Trinajstić information content (AvgIpc) is 3.22. The second-order valence-corrected chi connectivity index (χ2v) is 6.90. The Balaban J connectivity index is 1.57. The van der Waals surface area contributed by atoms with Crippen LogP contribution in [0.3, 0.4) is 0 Å². The Bertz CT molecular complexity index is 932. The summed E-state index contributed by atoms with van der Waals surface area (Å²) >= 11 is 6.52. The molecule has 1 N–H and O–H groups in total. The van der Waals surface area contributed by atoms with Crippen molar-refractivity contribution < 1.29 is 0 Å². The predicted molar refractivity (Wildman–Crippen MR) is 110 cm³/mol. The van der Waals surface area contributed by atoms with Gasteiger partial charge in [-0.3, -0.25) is 4.99 Å². The van der Waals surface area contributed by atoms with Gasteiger partial charge >= 0.3 is 0 Å². The molecule has 3 heteroatoms. The summed E-state index contributed by atoms with van der Waals surface area (Å²) in [6, 6.07) is 25.3. The molecule has 4 rings (SSSR count). The topological polar surface area (TPSA) is 24.4 Å². The van der Waals surface area contributed by atoms with Crippen molar-refractivity contribution in [2.45, 2.75) is 12.8 Å². The molecule has 0 aromatic heterocycles. The number of aryl methyl sites for hydroxylation is 1. The van der Waals surface area contributed by atoms with Crippen LogP contribution in [0.1, 0.15) is 16.7 Å². The van der Waals surface area contributed by atoms with Gasteiger partial charge in [0, 0.05) is 17.1 Å². The van der Waals surface area contributed by atoms with Gasteiger partial charge in [0.25, 0.3) is 0 Å². The molecule has 130 valence electrons. The zero-order chi connectivity index (χ0) is 17.8. The largest absolute Gasteiger partial charge is 0.368 e. The number of rotatable bonds is 5. The molecular weight excluding hydrogens is 340 g/mol. The van der Waals surface area contributed by atoms with E-state index in [4.69, 9.17) is 11.6 Å². The second kappa shape index (κ2) is 7.76. The molecule has 0 saturated carbocycles. The van der Waals surface area contributed by atoms with E-state index in [1.54, 1.807) is 0 Å². The number of hydrogen-bond acceptors (Lipinski definition) is 2. The fourth-order valence-electron chi connectivity index (χ4n) is 3.42. The maximum atomic E-state index is 6.52. The third-order valence-electron chi connectivity index (χ3n) is 4.75. The van der Waals surface area contributed by atoms with Crippen LogP contribution in [-0.4, -0.2) is 18.9 Å². The maximum absolute atomic E-state index is 6.52. The fourth-order valence-corrected chi connectivity index (χ4v) is 3.69. The molecule has 1 heterocycles. The lowest BCUT2D eigenvalue weighted by Gasteiger charge is -2.12. The van der Waals surface area contributed by atoms with Gasteiger partial charge in [-0.25, -0.2) is 0 Å². The summed E-state index contributed by atoms with van der Waals surface area (Å²) in [7, 11) is 0. The first-order valence-electron chi connectivity index (χ1n) is 9.02. The number of halogens is 1. The van der Waals surface area contributed by atoms with Crippen LogP contribution in [0, 0.1) is 0 Å². The molecule has 1 aliphatic heterocycles. The van der Waals surface area contributed by atoms with Crippen molar-refractivity contribution >= 4 is 17.4 Å². The molecule has 2 nitrogen and oxygen atoms in total. The van der Waals surface area contributed by atoms with Crippen LogP contribution in [-0.2, 0) is 12.8 Å². The normalized spacial score (nSPS) is 13.3. The standard InChI is InChI=1S/C23H21ClN2/c24-22-11-5-10-21(23-25-14-15-26-23)20(22)13-12-17-6-4-9-19(16-17)18-7-2-1-3-8-18/h1-11,16H,12-15H2,(H,25,26). The molecular formula is C23H21ClN2. The lowest BCUT2D eigenvalue weighted by molar-refractivity contribution is 0.946. The molecule has 3 aromatic rings. The molecule has 0 spiro atoms. The molecule has 0 saturated heterocycles. The van der Waals surface area contributed by atoms with Gasteiger partial charge in [-0.1, -0.05) is 78.3 Å². The SMILES string of the molecule is Clc1cccc(C2=NCCN2)c1CCc1cccc(-c2ccccc2)c1. The highest BCUT2D eigenvalue weighted by Crippen LogP contribution is 2.25. The van der Waals surface area contributed by atoms with E-state index >= 15 is 0 Å². The van der Waals surface area contributed by atoms with E-state index in [0.29, 0.717) is 0 Å². The minimum atomic E-state index is 0.818. The Morgan fingerprint density at radius 2 is 1.65 bits per heavy atom. The molecule has 0 amide bonds. The van der Waals surface area contributed by atoms with Crippen molar-refractivity contribution in [1.29, 1.82) is 0 Å². The summed E-state index contributed by atoms with van der Waals surface area (Å²) in [6.45, 7) is 1.74. The first-order valence-corrected chi connectivity index (χ1v) is 9.39. The Hall–Kier alpha value is -2.58. The number of benzene rings is 3. The van der Waals surface area contributed by atoms with Crippen molar-refractivity contribution in [2.75, 3.05) is 13.1 Å². The van der Waals surface area contributed by atoms with Crippen LogP contribution >= 0.6 is 11.6 Å². The summed E-state index contributed by atoms with van der Waals surface area (Å²) in [5, 5.41) is 4.18. The van der Waals surface area contributed by atoms with Crippen molar-refractivity contribution in [3.05, 3.63) is 94.5 Å². The predicted octanol–water partition coefficient (Wildman–Crippen LogP) is 5.14. The lowest BCUT2D eigenvalue weighted by Crippen LogP contribution is -2.21. The van der Waals surface area contributed by atoms with E-state index < -0.39 is 0 Å². The van der Waals surface area contributed by atoms with E-state index in [9.17, 15) is 0 Å². The molecule has 0 atom stereocenters. The van der Waals surface area contributed by atoms with Gasteiger partial charge in [0.1, 0.15) is 5.84 Å². The number of hydrogen-bond donors (Lipinski definition) is 1. The smallest absolute Gasteiger partial charge is 0.128 e. The van der Waals surface area contributed by atoms with Crippen molar-refractivity contribution in [3.63, 3.8) is 0 Å². The Morgan fingerprint density at radius 1 is 0.846 bits per heavy atom. The highest BCUT2D eigenvalue weighted by molar-refractivity contribution is 6.32. The summed E-state index contributed by atoms with van der Waals surface area (Å²) in [4.78, 5) is 4.56. The minimum Gasteiger partial charge on any atom is -0.368 e. The zero-order valence-corrected chi connectivity index (χ0v) is 15.3. The number of nitrogens with zero attached hydrogens (tertiary/aromatic N) is 1. The van der Waals surface area contributed by atoms with Crippen LogP contribution in [0.15, 0.2) is 77.8 Å². The molecule has 0 aliphatic carbocycles. The molecule has 26 heavy (non-hydrogen) atoms. The van der Waals surface area contributed by atoms with Gasteiger partial charge in [-0.15, -0.1) is 0 Å². The first-order chi connectivity index (χ1) is 12.8. The second-order valence-electron chi connectivity index (χ2n) is 6.49. The summed E-state index contributed by atoms with van der Waals surface area (Å²) in [5.41, 5.74) is 6.13. The van der Waals surface area contributed by atoms with Crippen LogP contribution in [0.25, 0.3) is 11.1 Å². The van der Waals surface area contributed by atoms with Crippen LogP contribution in [0.5, 0.6) is 0 Å². The Morgan fingerprint density at radius 3 is 2.46 bits per heavy atom. The molecule has 0 bridgehead atoms. The third kappa shape index (κ3) is 3.66. The molecule has 0 fully saturated rings. The molecule has 0 radical (unpaired) electrons. The summed E-state index contributed by atoms with van der Waals surface area (Å²) in [5.74, 6) is 0.973. The molecule has 1 aliphatic rings. The van der Waals surface area contributed by atoms with E-state index in [2.05, 4.69) is 64.9 Å². The van der Waals surface area contributed by atoms with Crippen LogP contribution in [0.4, 0.5) is 0 Å². The monoisotopic (exact) mass is 360 g/mol. The van der Waals surface area contributed by atoms with Crippen molar-refractivity contribution in [3.8, 4) is 11.1 Å². The Kier molecular flexibility index (Phi) is 5.03. The van der Waals surface area contributed by atoms with E-state index in [0.717, 1.165) is 42.4 Å². The van der Waals surface area contributed by atoms with E-state index in [-0.39, 0.29) is 0 Å². The Labute approximate surface area is 159 Å². The highest BCUT2D eigenvalue weighted by atomic mass is 35.5. The maximum Gasteiger partial charge on any atom is 0.128 e. The summed E-state index contributed by atoms with van der Waals surface area (Å²) < 4.78 is 0. The lowest BCUT2D eigenvalue weighted by atomic mass is 9.96. The minimum absolute atomic E-state index is 0.818. The quantitative estimate of drug-likeness (QED) is 0.669. The van der Waals surface area contributed by atoms with E-state index in [1.165, 1.54) is 22.3 Å². The average molecular weight is 361 g/mol. The van der Waals surface area contributed by atoms with Crippen LogP contribution < -0.4 is 5.32 Å². The number of amidine groups is 1. The van der Waals surface area contributed by atoms with Gasteiger partial charge in [-0.2, -0.15) is 0 Å². The number of aliphatic imine (C=N–C) groups is 1. The van der Waals surface area contributed by atoms with E-state index in [1.807, 2.05) is 18.2 Å². The first kappa shape index (κ1) is 16.9. The van der Waals surface area contributed by atoms with Crippen LogP contribution in [0.2, 0.25) is 5.02 Å². The van der Waals surface area contributed by atoms with Gasteiger partial charge in [-0.05, 0) is 41.2 Å². The summed E-state index contributed by atoms with van der Waals surface area (Å²) in [6.07, 6.45) is 1.85. The van der Waals surface area contributed by atoms with Crippen molar-refractivity contribution in [2.24, 2.45) is 4.99 Å². The third-order valence-corrected chi connectivity index (χ3v) is 5.10. The fraction of sp³-hybridized carbons (Fsp3) is 0.174.